The molecular weight excluding hydrogens is 410 g/mol. The lowest BCUT2D eigenvalue weighted by atomic mass is 10.1. The van der Waals surface area contributed by atoms with Crippen molar-refractivity contribution >= 4 is 11.8 Å². The fourth-order valence-corrected chi connectivity index (χ4v) is 4.69. The number of aliphatic carboxylic acids is 1. The molecule has 5 heteroatoms. The van der Waals surface area contributed by atoms with Gasteiger partial charge in [0.2, 0.25) is 5.84 Å². The van der Waals surface area contributed by atoms with E-state index in [0.29, 0.717) is 17.6 Å². The van der Waals surface area contributed by atoms with E-state index in [-0.39, 0.29) is 6.54 Å². The second kappa shape index (κ2) is 20.0. The summed E-state index contributed by atoms with van der Waals surface area (Å²) in [6.07, 6.45) is 31.7. The number of carboxylic acid groups (broad SMARTS) is 1. The molecule has 1 rings (SSSR count). The van der Waals surface area contributed by atoms with Gasteiger partial charge in [0.1, 0.15) is 12.7 Å². The summed E-state index contributed by atoms with van der Waals surface area (Å²) in [5.74, 6) is 0.161. The Morgan fingerprint density at radius 2 is 1.39 bits per heavy atom. The van der Waals surface area contributed by atoms with Crippen LogP contribution in [0.2, 0.25) is 0 Å². The van der Waals surface area contributed by atoms with Crippen LogP contribution in [0.4, 0.5) is 0 Å². The lowest BCUT2D eigenvalue weighted by Crippen LogP contribution is -2.52. The molecule has 0 saturated carbocycles. The lowest BCUT2D eigenvalue weighted by molar-refractivity contribution is -0.778. The van der Waals surface area contributed by atoms with Gasteiger partial charge in [0.15, 0.2) is 6.54 Å². The van der Waals surface area contributed by atoms with Crippen LogP contribution in [-0.2, 0) is 4.79 Å². The Bertz CT molecular complexity index is 586. The van der Waals surface area contributed by atoms with Crippen molar-refractivity contribution < 1.29 is 14.4 Å². The normalized spacial score (nSPS) is 17.8. The molecule has 0 amide bonds. The number of allylic oxidation sites excluding steroid dienone is 2. The van der Waals surface area contributed by atoms with Gasteiger partial charge in [-0.05, 0) is 32.1 Å². The standard InChI is InChI=1S/C28H51N3O2/c1-2-3-4-5-6-7-8-9-10-11-12-13-14-15-16-17-18-19-20-21-27-30-23-25-31(27,24-22-29)26-28(32)33/h10-11,23,25H,2-9,12-22,24,26,29H2,1H3/p+1/b11-10+. The van der Waals surface area contributed by atoms with Gasteiger partial charge < -0.3 is 10.8 Å². The monoisotopic (exact) mass is 462 g/mol. The summed E-state index contributed by atoms with van der Waals surface area (Å²) in [5, 5.41) is 9.27. The Morgan fingerprint density at radius 3 is 1.91 bits per heavy atom. The van der Waals surface area contributed by atoms with Crippen molar-refractivity contribution in [2.45, 2.75) is 122 Å². The fourth-order valence-electron chi connectivity index (χ4n) is 4.69. The van der Waals surface area contributed by atoms with Crippen molar-refractivity contribution in [2.75, 3.05) is 19.6 Å². The number of hydrogen-bond acceptors (Lipinski definition) is 3. The van der Waals surface area contributed by atoms with Crippen LogP contribution < -0.4 is 5.73 Å². The second-order valence-corrected chi connectivity index (χ2v) is 9.69. The molecule has 0 aromatic carbocycles. The molecular formula is C28H52N3O2+. The molecule has 0 fully saturated rings. The molecule has 1 heterocycles. The van der Waals surface area contributed by atoms with E-state index in [1.165, 1.54) is 103 Å². The average molecular weight is 463 g/mol. The van der Waals surface area contributed by atoms with E-state index in [1.807, 2.05) is 6.20 Å². The summed E-state index contributed by atoms with van der Waals surface area (Å²) in [5.41, 5.74) is 5.73. The van der Waals surface area contributed by atoms with E-state index < -0.39 is 5.97 Å². The minimum atomic E-state index is -0.800. The molecule has 0 radical (unpaired) electrons. The van der Waals surface area contributed by atoms with Crippen molar-refractivity contribution in [3.05, 3.63) is 24.6 Å². The third-order valence-electron chi connectivity index (χ3n) is 6.70. The first-order chi connectivity index (χ1) is 16.1. The topological polar surface area (TPSA) is 75.7 Å². The molecule has 33 heavy (non-hydrogen) atoms. The summed E-state index contributed by atoms with van der Waals surface area (Å²) in [6.45, 7) is 3.39. The fraction of sp³-hybridized carbons (Fsp3) is 0.786. The van der Waals surface area contributed by atoms with Crippen LogP contribution in [0.15, 0.2) is 29.5 Å². The number of carboxylic acids is 1. The first kappa shape index (κ1) is 29.6. The number of unbranched alkanes of at least 4 members (excludes halogenated alkanes) is 15. The highest BCUT2D eigenvalue weighted by atomic mass is 16.4. The van der Waals surface area contributed by atoms with E-state index in [2.05, 4.69) is 24.1 Å². The number of nitrogens with zero attached hydrogens (tertiary/aromatic N) is 2. The molecule has 0 aromatic rings. The number of quaternary nitrogens is 1. The van der Waals surface area contributed by atoms with E-state index in [0.717, 1.165) is 18.7 Å². The smallest absolute Gasteiger partial charge is 0.360 e. The SMILES string of the molecule is CCCCCCCCC/C=C/CCCCCCCCCCC1=NC=C[N+]1(CCN)CC(=O)O. The molecule has 190 valence electrons. The zero-order valence-electron chi connectivity index (χ0n) is 21.5. The van der Waals surface area contributed by atoms with Crippen molar-refractivity contribution in [3.63, 3.8) is 0 Å². The van der Waals surface area contributed by atoms with E-state index >= 15 is 0 Å². The molecule has 1 unspecified atom stereocenters. The molecule has 0 aromatic heterocycles. The summed E-state index contributed by atoms with van der Waals surface area (Å²) in [7, 11) is 0. The quantitative estimate of drug-likeness (QED) is 0.0948. The number of rotatable bonds is 23. The highest BCUT2D eigenvalue weighted by Gasteiger charge is 2.36. The van der Waals surface area contributed by atoms with Gasteiger partial charge in [-0.1, -0.05) is 96.1 Å². The maximum atomic E-state index is 11.3. The van der Waals surface area contributed by atoms with E-state index in [9.17, 15) is 9.90 Å². The van der Waals surface area contributed by atoms with Crippen LogP contribution >= 0.6 is 0 Å². The van der Waals surface area contributed by atoms with Crippen LogP contribution in [0.1, 0.15) is 122 Å². The van der Waals surface area contributed by atoms with Crippen LogP contribution in [0.5, 0.6) is 0 Å². The summed E-state index contributed by atoms with van der Waals surface area (Å²) in [4.78, 5) is 15.7. The Balaban J connectivity index is 1.93. The first-order valence-corrected chi connectivity index (χ1v) is 13.8. The zero-order chi connectivity index (χ0) is 24.0. The predicted molar refractivity (Wildman–Crippen MR) is 141 cm³/mol. The minimum Gasteiger partial charge on any atom is -0.477 e. The van der Waals surface area contributed by atoms with Gasteiger partial charge in [0.25, 0.3) is 0 Å². The van der Waals surface area contributed by atoms with Gasteiger partial charge >= 0.3 is 5.97 Å². The summed E-state index contributed by atoms with van der Waals surface area (Å²) < 4.78 is 0.305. The van der Waals surface area contributed by atoms with Crippen molar-refractivity contribution in [1.29, 1.82) is 0 Å². The second-order valence-electron chi connectivity index (χ2n) is 9.69. The highest BCUT2D eigenvalue weighted by Crippen LogP contribution is 2.21. The number of hydrogen-bond donors (Lipinski definition) is 2. The molecule has 3 N–H and O–H groups in total. The van der Waals surface area contributed by atoms with E-state index in [4.69, 9.17) is 5.73 Å². The molecule has 0 bridgehead atoms. The summed E-state index contributed by atoms with van der Waals surface area (Å²) in [6, 6.07) is 0. The van der Waals surface area contributed by atoms with Gasteiger partial charge in [-0.3, -0.25) is 0 Å². The average Bonchev–Trinajstić information content (AvgIpc) is 3.16. The van der Waals surface area contributed by atoms with Gasteiger partial charge in [-0.15, -0.1) is 0 Å². The van der Waals surface area contributed by atoms with Crippen molar-refractivity contribution in [3.8, 4) is 0 Å². The molecule has 1 aliphatic heterocycles. The minimum absolute atomic E-state index is 0.0425. The molecule has 1 aliphatic rings. The van der Waals surface area contributed by atoms with Gasteiger partial charge in [0.05, 0.1) is 6.20 Å². The van der Waals surface area contributed by atoms with E-state index in [1.54, 1.807) is 6.20 Å². The number of carbonyl (C=O) groups is 1. The summed E-state index contributed by atoms with van der Waals surface area (Å²) >= 11 is 0. The largest absolute Gasteiger partial charge is 0.477 e. The third kappa shape index (κ3) is 14.4. The molecule has 1 atom stereocenters. The van der Waals surface area contributed by atoms with Crippen molar-refractivity contribution in [2.24, 2.45) is 10.7 Å². The Hall–Kier alpha value is -1.46. The lowest BCUT2D eigenvalue weighted by Gasteiger charge is -2.30. The van der Waals surface area contributed by atoms with Crippen LogP contribution in [0.3, 0.4) is 0 Å². The Labute approximate surface area is 203 Å². The number of amidine groups is 1. The van der Waals surface area contributed by atoms with Gasteiger partial charge in [-0.2, -0.15) is 0 Å². The number of aliphatic imine (C=N–C) groups is 1. The maximum absolute atomic E-state index is 11.3. The molecule has 0 saturated heterocycles. The highest BCUT2D eigenvalue weighted by molar-refractivity contribution is 5.81. The Kier molecular flexibility index (Phi) is 17.9. The van der Waals surface area contributed by atoms with Crippen LogP contribution in [0.25, 0.3) is 0 Å². The maximum Gasteiger partial charge on any atom is 0.360 e. The predicted octanol–water partition coefficient (Wildman–Crippen LogP) is 7.33. The van der Waals surface area contributed by atoms with Crippen LogP contribution in [0, 0.1) is 0 Å². The molecule has 0 aliphatic carbocycles. The molecule has 0 spiro atoms. The number of nitrogens with two attached hydrogens (primary N) is 1. The van der Waals surface area contributed by atoms with Gasteiger partial charge in [-0.25, -0.2) is 14.3 Å². The van der Waals surface area contributed by atoms with Gasteiger partial charge in [0, 0.05) is 13.0 Å². The van der Waals surface area contributed by atoms with Crippen molar-refractivity contribution in [1.82, 2.24) is 0 Å². The Morgan fingerprint density at radius 1 is 0.879 bits per heavy atom. The zero-order valence-corrected chi connectivity index (χ0v) is 21.5. The molecule has 5 nitrogen and oxygen atoms in total. The van der Waals surface area contributed by atoms with Crippen LogP contribution in [-0.4, -0.2) is 41.0 Å². The first-order valence-electron chi connectivity index (χ1n) is 13.8. The third-order valence-corrected chi connectivity index (χ3v) is 6.70.